The summed E-state index contributed by atoms with van der Waals surface area (Å²) in [5.41, 5.74) is -2.38. The minimum absolute atomic E-state index is 0.0679. The SMILES string of the molecule is OC(CCl)CNc1cc(F)cc(C(F)(F)F)c1F. The van der Waals surface area contributed by atoms with E-state index in [1.165, 1.54) is 0 Å². The van der Waals surface area contributed by atoms with E-state index in [-0.39, 0.29) is 18.5 Å². The first kappa shape index (κ1) is 15.0. The third-order valence-electron chi connectivity index (χ3n) is 2.05. The summed E-state index contributed by atoms with van der Waals surface area (Å²) < 4.78 is 63.5. The summed E-state index contributed by atoms with van der Waals surface area (Å²) in [6.45, 7) is -0.291. The highest BCUT2D eigenvalue weighted by molar-refractivity contribution is 6.18. The summed E-state index contributed by atoms with van der Waals surface area (Å²) >= 11 is 5.26. The van der Waals surface area contributed by atoms with Crippen molar-refractivity contribution >= 4 is 17.3 Å². The Morgan fingerprint density at radius 1 is 1.28 bits per heavy atom. The van der Waals surface area contributed by atoms with Crippen LogP contribution in [-0.4, -0.2) is 23.6 Å². The largest absolute Gasteiger partial charge is 0.419 e. The van der Waals surface area contributed by atoms with E-state index in [0.29, 0.717) is 6.07 Å². The van der Waals surface area contributed by atoms with E-state index in [1.54, 1.807) is 0 Å². The zero-order valence-electron chi connectivity index (χ0n) is 8.86. The standard InChI is InChI=1S/C10H9ClF5NO/c11-3-6(18)4-17-8-2-5(12)1-7(9(8)13)10(14,15)16/h1-2,6,17-18H,3-4H2. The van der Waals surface area contributed by atoms with Crippen LogP contribution < -0.4 is 5.32 Å². The van der Waals surface area contributed by atoms with Gasteiger partial charge in [0.15, 0.2) is 5.82 Å². The number of benzene rings is 1. The van der Waals surface area contributed by atoms with Crippen molar-refractivity contribution < 1.29 is 27.1 Å². The van der Waals surface area contributed by atoms with E-state index >= 15 is 0 Å². The van der Waals surface area contributed by atoms with Gasteiger partial charge in [-0.25, -0.2) is 8.78 Å². The summed E-state index contributed by atoms with van der Waals surface area (Å²) in [5.74, 6) is -3.03. The molecule has 102 valence electrons. The van der Waals surface area contributed by atoms with Crippen LogP contribution in [0.2, 0.25) is 0 Å². The molecule has 2 N–H and O–H groups in total. The fourth-order valence-corrected chi connectivity index (χ4v) is 1.32. The predicted octanol–water partition coefficient (Wildman–Crippen LogP) is 3.00. The summed E-state index contributed by atoms with van der Waals surface area (Å²) in [6, 6.07) is 0.643. The van der Waals surface area contributed by atoms with Crippen molar-refractivity contribution in [3.8, 4) is 0 Å². The van der Waals surface area contributed by atoms with Gasteiger partial charge in [0.25, 0.3) is 0 Å². The van der Waals surface area contributed by atoms with Crippen molar-refractivity contribution in [2.75, 3.05) is 17.7 Å². The van der Waals surface area contributed by atoms with Gasteiger partial charge in [-0.05, 0) is 12.1 Å². The number of anilines is 1. The molecule has 0 saturated carbocycles. The summed E-state index contributed by atoms with van der Waals surface area (Å²) in [7, 11) is 0. The van der Waals surface area contributed by atoms with E-state index < -0.39 is 35.2 Å². The molecule has 2 nitrogen and oxygen atoms in total. The Morgan fingerprint density at radius 2 is 1.89 bits per heavy atom. The lowest BCUT2D eigenvalue weighted by atomic mass is 10.1. The molecule has 1 aromatic rings. The van der Waals surface area contributed by atoms with Gasteiger partial charge in [0.05, 0.1) is 23.2 Å². The molecular weight excluding hydrogens is 281 g/mol. The molecule has 0 heterocycles. The second-order valence-electron chi connectivity index (χ2n) is 3.50. The highest BCUT2D eigenvalue weighted by Crippen LogP contribution is 2.34. The molecule has 0 bridgehead atoms. The monoisotopic (exact) mass is 289 g/mol. The lowest BCUT2D eigenvalue weighted by Gasteiger charge is -2.14. The molecule has 0 aromatic heterocycles. The Labute approximate surface area is 104 Å². The third kappa shape index (κ3) is 3.71. The van der Waals surface area contributed by atoms with Crippen LogP contribution in [0.3, 0.4) is 0 Å². The lowest BCUT2D eigenvalue weighted by Crippen LogP contribution is -2.22. The van der Waals surface area contributed by atoms with E-state index in [1.807, 2.05) is 0 Å². The van der Waals surface area contributed by atoms with Crippen molar-refractivity contribution in [2.45, 2.75) is 12.3 Å². The topological polar surface area (TPSA) is 32.3 Å². The van der Waals surface area contributed by atoms with E-state index in [2.05, 4.69) is 5.32 Å². The van der Waals surface area contributed by atoms with Crippen LogP contribution >= 0.6 is 11.6 Å². The van der Waals surface area contributed by atoms with Gasteiger partial charge in [0.1, 0.15) is 5.82 Å². The molecule has 0 aliphatic carbocycles. The molecule has 0 aliphatic heterocycles. The number of hydrogen-bond acceptors (Lipinski definition) is 2. The van der Waals surface area contributed by atoms with Gasteiger partial charge < -0.3 is 10.4 Å². The molecule has 1 unspecified atom stereocenters. The highest BCUT2D eigenvalue weighted by Gasteiger charge is 2.35. The fraction of sp³-hybridized carbons (Fsp3) is 0.400. The average Bonchev–Trinajstić information content (AvgIpc) is 2.27. The predicted molar refractivity (Wildman–Crippen MR) is 56.6 cm³/mol. The molecular formula is C10H9ClF5NO. The third-order valence-corrected chi connectivity index (χ3v) is 2.41. The highest BCUT2D eigenvalue weighted by atomic mass is 35.5. The Morgan fingerprint density at radius 3 is 2.39 bits per heavy atom. The van der Waals surface area contributed by atoms with Crippen molar-refractivity contribution in [3.05, 3.63) is 29.3 Å². The normalized spacial score (nSPS) is 13.5. The van der Waals surface area contributed by atoms with Gasteiger partial charge in [-0.3, -0.25) is 0 Å². The molecule has 0 saturated heterocycles. The smallest absolute Gasteiger partial charge is 0.390 e. The van der Waals surface area contributed by atoms with Crippen molar-refractivity contribution in [1.29, 1.82) is 0 Å². The molecule has 1 aromatic carbocycles. The van der Waals surface area contributed by atoms with Crippen LogP contribution in [0.25, 0.3) is 0 Å². The first-order valence-electron chi connectivity index (χ1n) is 4.80. The second-order valence-corrected chi connectivity index (χ2v) is 3.81. The maximum atomic E-state index is 13.4. The maximum absolute atomic E-state index is 13.4. The Hall–Kier alpha value is -1.08. The molecule has 0 aliphatic rings. The van der Waals surface area contributed by atoms with Crippen molar-refractivity contribution in [2.24, 2.45) is 0 Å². The Kier molecular flexibility index (Phi) is 4.75. The van der Waals surface area contributed by atoms with Gasteiger partial charge in [-0.1, -0.05) is 0 Å². The number of aliphatic hydroxyl groups excluding tert-OH is 1. The molecule has 0 fully saturated rings. The van der Waals surface area contributed by atoms with Crippen LogP contribution in [-0.2, 0) is 6.18 Å². The molecule has 1 rings (SSSR count). The van der Waals surface area contributed by atoms with Crippen LogP contribution in [0.5, 0.6) is 0 Å². The van der Waals surface area contributed by atoms with Crippen LogP contribution in [0.15, 0.2) is 12.1 Å². The van der Waals surface area contributed by atoms with Crippen LogP contribution in [0.1, 0.15) is 5.56 Å². The first-order chi connectivity index (χ1) is 8.25. The molecule has 18 heavy (non-hydrogen) atoms. The van der Waals surface area contributed by atoms with Crippen LogP contribution in [0.4, 0.5) is 27.6 Å². The quantitative estimate of drug-likeness (QED) is 0.660. The molecule has 0 radical (unpaired) electrons. The van der Waals surface area contributed by atoms with Gasteiger partial charge in [-0.2, -0.15) is 13.2 Å². The van der Waals surface area contributed by atoms with E-state index in [9.17, 15) is 22.0 Å². The minimum Gasteiger partial charge on any atom is -0.390 e. The zero-order chi connectivity index (χ0) is 13.9. The summed E-state index contributed by atoms with van der Waals surface area (Å²) in [6.07, 6.45) is -6.07. The number of hydrogen-bond donors (Lipinski definition) is 2. The molecule has 8 heteroatoms. The van der Waals surface area contributed by atoms with Gasteiger partial charge >= 0.3 is 6.18 Å². The van der Waals surface area contributed by atoms with E-state index in [0.717, 1.165) is 0 Å². The molecule has 0 spiro atoms. The number of aliphatic hydroxyl groups is 1. The number of nitrogens with one attached hydrogen (secondary N) is 1. The van der Waals surface area contributed by atoms with Gasteiger partial charge in [0, 0.05) is 6.54 Å². The maximum Gasteiger partial charge on any atom is 0.419 e. The van der Waals surface area contributed by atoms with Crippen LogP contribution in [0, 0.1) is 11.6 Å². The fourth-order valence-electron chi connectivity index (χ4n) is 1.21. The summed E-state index contributed by atoms with van der Waals surface area (Å²) in [5, 5.41) is 11.2. The van der Waals surface area contributed by atoms with Crippen molar-refractivity contribution in [3.63, 3.8) is 0 Å². The first-order valence-corrected chi connectivity index (χ1v) is 5.33. The summed E-state index contributed by atoms with van der Waals surface area (Å²) in [4.78, 5) is 0. The van der Waals surface area contributed by atoms with E-state index in [4.69, 9.17) is 16.7 Å². The number of alkyl halides is 4. The number of rotatable bonds is 4. The average molecular weight is 290 g/mol. The van der Waals surface area contributed by atoms with Crippen molar-refractivity contribution in [1.82, 2.24) is 0 Å². The Bertz CT molecular complexity index is 423. The Balaban J connectivity index is 3.02. The molecule has 0 amide bonds. The number of halogens is 6. The van der Waals surface area contributed by atoms with Gasteiger partial charge in [0.2, 0.25) is 0 Å². The second kappa shape index (κ2) is 5.71. The minimum atomic E-state index is -4.99. The zero-order valence-corrected chi connectivity index (χ0v) is 9.62. The lowest BCUT2D eigenvalue weighted by molar-refractivity contribution is -0.140. The van der Waals surface area contributed by atoms with Gasteiger partial charge in [-0.15, -0.1) is 11.6 Å². The molecule has 1 atom stereocenters.